The standard InChI is InChI=1S/C25H49NO.C20H38BrN/c1-5-9-10-11-12-13-16-22-21-25(6-2,7-3)26(19-20-27-8-4)24-18-15-14-17-23(22)24;1-4-6-12-20(13-7-5-2)16-17(3)18-10-8-9-11-19(18)22(20)15-14-21/h22-24H,5-21H2,1-4H3;17-19H,4-16H2,1-3H3. The van der Waals surface area contributed by atoms with E-state index in [0.717, 1.165) is 60.8 Å². The van der Waals surface area contributed by atoms with Crippen LogP contribution in [0.3, 0.4) is 0 Å². The van der Waals surface area contributed by atoms with Crippen LogP contribution in [0.5, 0.6) is 0 Å². The molecule has 49 heavy (non-hydrogen) atoms. The summed E-state index contributed by atoms with van der Waals surface area (Å²) in [6.07, 6.45) is 35.8. The first kappa shape index (κ1) is 43.8. The van der Waals surface area contributed by atoms with Crippen molar-refractivity contribution in [3.05, 3.63) is 0 Å². The van der Waals surface area contributed by atoms with E-state index in [2.05, 4.69) is 74.2 Å². The summed E-state index contributed by atoms with van der Waals surface area (Å²) in [4.78, 5) is 5.96. The van der Waals surface area contributed by atoms with E-state index in [1.54, 1.807) is 0 Å². The molecule has 6 atom stereocenters. The number of unbranched alkanes of at least 4 members (excludes halogenated alkanes) is 7. The monoisotopic (exact) mass is 751 g/mol. The molecule has 3 nitrogen and oxygen atoms in total. The van der Waals surface area contributed by atoms with Gasteiger partial charge in [0.05, 0.1) is 6.61 Å². The molecule has 4 rings (SSSR count). The molecule has 0 aromatic rings. The van der Waals surface area contributed by atoms with Gasteiger partial charge in [-0.05, 0) is 94.8 Å². The lowest BCUT2D eigenvalue weighted by molar-refractivity contribution is -0.0947. The number of ether oxygens (including phenoxy) is 1. The van der Waals surface area contributed by atoms with Crippen LogP contribution >= 0.6 is 15.9 Å². The van der Waals surface area contributed by atoms with E-state index >= 15 is 0 Å². The minimum atomic E-state index is 0.433. The van der Waals surface area contributed by atoms with Crippen molar-refractivity contribution in [1.82, 2.24) is 9.80 Å². The van der Waals surface area contributed by atoms with E-state index < -0.39 is 0 Å². The largest absolute Gasteiger partial charge is 0.380 e. The van der Waals surface area contributed by atoms with Crippen molar-refractivity contribution in [3.8, 4) is 0 Å². The Morgan fingerprint density at radius 2 is 1.16 bits per heavy atom. The predicted octanol–water partition coefficient (Wildman–Crippen LogP) is 13.6. The summed E-state index contributed by atoms with van der Waals surface area (Å²) in [5.41, 5.74) is 0.945. The van der Waals surface area contributed by atoms with Crippen molar-refractivity contribution < 1.29 is 4.74 Å². The van der Waals surface area contributed by atoms with Gasteiger partial charge in [0.1, 0.15) is 0 Å². The molecule has 0 aromatic heterocycles. The fraction of sp³-hybridized carbons (Fsp3) is 1.00. The predicted molar refractivity (Wildman–Crippen MR) is 220 cm³/mol. The number of likely N-dealkylation sites (tertiary alicyclic amines) is 2. The van der Waals surface area contributed by atoms with Crippen molar-refractivity contribution in [2.75, 3.05) is 31.6 Å². The molecule has 4 aliphatic rings. The van der Waals surface area contributed by atoms with Gasteiger partial charge in [0, 0.05) is 48.2 Å². The maximum absolute atomic E-state index is 5.80. The second kappa shape index (κ2) is 23.9. The van der Waals surface area contributed by atoms with Crippen molar-refractivity contribution in [3.63, 3.8) is 0 Å². The summed E-state index contributed by atoms with van der Waals surface area (Å²) in [6, 6.07) is 1.71. The molecule has 0 aromatic carbocycles. The van der Waals surface area contributed by atoms with Gasteiger partial charge in [-0.15, -0.1) is 0 Å². The van der Waals surface area contributed by atoms with Crippen molar-refractivity contribution in [1.29, 1.82) is 0 Å². The molecular formula is C45H87BrN2O. The molecule has 4 heteroatoms. The lowest BCUT2D eigenvalue weighted by Crippen LogP contribution is -2.63. The van der Waals surface area contributed by atoms with Crippen LogP contribution < -0.4 is 0 Å². The first-order valence-electron chi connectivity index (χ1n) is 22.6. The zero-order valence-corrected chi connectivity index (χ0v) is 35.9. The molecule has 4 fully saturated rings. The average molecular weight is 752 g/mol. The highest BCUT2D eigenvalue weighted by Gasteiger charge is 2.50. The van der Waals surface area contributed by atoms with Crippen molar-refractivity contribution in [2.24, 2.45) is 23.7 Å². The molecule has 290 valence electrons. The summed E-state index contributed by atoms with van der Waals surface area (Å²) in [5.74, 6) is 3.85. The van der Waals surface area contributed by atoms with E-state index in [-0.39, 0.29) is 0 Å². The summed E-state index contributed by atoms with van der Waals surface area (Å²) in [6.45, 7) is 20.8. The summed E-state index contributed by atoms with van der Waals surface area (Å²) in [5, 5.41) is 1.14. The smallest absolute Gasteiger partial charge is 0.0593 e. The van der Waals surface area contributed by atoms with Crippen LogP contribution in [0.25, 0.3) is 0 Å². The second-order valence-corrected chi connectivity index (χ2v) is 18.2. The van der Waals surface area contributed by atoms with E-state index in [1.165, 1.54) is 167 Å². The van der Waals surface area contributed by atoms with Crippen LogP contribution in [0.2, 0.25) is 0 Å². The average Bonchev–Trinajstić information content (AvgIpc) is 3.13. The first-order valence-corrected chi connectivity index (χ1v) is 23.7. The highest BCUT2D eigenvalue weighted by molar-refractivity contribution is 9.09. The molecule has 2 heterocycles. The number of nitrogens with zero attached hydrogens (tertiary/aromatic N) is 2. The topological polar surface area (TPSA) is 15.7 Å². The number of alkyl halides is 1. The molecule has 2 aliphatic heterocycles. The Bertz CT molecular complexity index is 823. The quantitative estimate of drug-likeness (QED) is 0.0858. The second-order valence-electron chi connectivity index (χ2n) is 17.4. The molecule has 6 unspecified atom stereocenters. The molecule has 0 N–H and O–H groups in total. The highest BCUT2D eigenvalue weighted by Crippen LogP contribution is 2.51. The van der Waals surface area contributed by atoms with Crippen LogP contribution in [0, 0.1) is 23.7 Å². The van der Waals surface area contributed by atoms with Gasteiger partial charge in [0.2, 0.25) is 0 Å². The fourth-order valence-electron chi connectivity index (χ4n) is 11.9. The fourth-order valence-corrected chi connectivity index (χ4v) is 12.3. The molecule has 0 amide bonds. The SMILES string of the molecule is CCCCC1(CCCC)CC(C)C2CCCCC2N1CCBr.CCCCCCCCC1CC(CC)(CC)N(CCOCC)C2CCCCC12. The minimum absolute atomic E-state index is 0.433. The van der Waals surface area contributed by atoms with E-state index in [4.69, 9.17) is 4.74 Å². The Morgan fingerprint density at radius 1 is 0.612 bits per heavy atom. The van der Waals surface area contributed by atoms with Gasteiger partial charge in [-0.3, -0.25) is 9.80 Å². The van der Waals surface area contributed by atoms with Gasteiger partial charge in [-0.25, -0.2) is 0 Å². The van der Waals surface area contributed by atoms with Gasteiger partial charge < -0.3 is 4.74 Å². The zero-order chi connectivity index (χ0) is 35.5. The van der Waals surface area contributed by atoms with Crippen molar-refractivity contribution in [2.45, 2.75) is 232 Å². The maximum Gasteiger partial charge on any atom is 0.0593 e. The molecule has 2 aliphatic carbocycles. The summed E-state index contributed by atoms with van der Waals surface area (Å²) >= 11 is 3.76. The number of hydrogen-bond acceptors (Lipinski definition) is 3. The first-order chi connectivity index (χ1) is 23.9. The van der Waals surface area contributed by atoms with E-state index in [0.29, 0.717) is 11.1 Å². The van der Waals surface area contributed by atoms with Gasteiger partial charge in [0.15, 0.2) is 0 Å². The van der Waals surface area contributed by atoms with E-state index in [1.807, 2.05) is 0 Å². The van der Waals surface area contributed by atoms with Crippen LogP contribution in [0.15, 0.2) is 0 Å². The third-order valence-electron chi connectivity index (χ3n) is 14.5. The lowest BCUT2D eigenvalue weighted by Gasteiger charge is -2.59. The van der Waals surface area contributed by atoms with Crippen LogP contribution in [-0.2, 0) is 4.74 Å². The molecular weight excluding hydrogens is 664 g/mol. The lowest BCUT2D eigenvalue weighted by atomic mass is 9.63. The Morgan fingerprint density at radius 3 is 1.76 bits per heavy atom. The van der Waals surface area contributed by atoms with Crippen LogP contribution in [0.4, 0.5) is 0 Å². The summed E-state index contributed by atoms with van der Waals surface area (Å²) in [7, 11) is 0. The zero-order valence-electron chi connectivity index (χ0n) is 34.4. The summed E-state index contributed by atoms with van der Waals surface area (Å²) < 4.78 is 5.80. The third-order valence-corrected chi connectivity index (χ3v) is 14.9. The molecule has 0 radical (unpaired) electrons. The molecule has 2 saturated heterocycles. The normalized spacial score (nSPS) is 29.9. The third kappa shape index (κ3) is 12.2. The van der Waals surface area contributed by atoms with Crippen LogP contribution in [-0.4, -0.2) is 64.6 Å². The maximum atomic E-state index is 5.80. The van der Waals surface area contributed by atoms with Crippen molar-refractivity contribution >= 4 is 15.9 Å². The molecule has 2 saturated carbocycles. The number of rotatable bonds is 21. The molecule has 0 bridgehead atoms. The Hall–Kier alpha value is 0.360. The van der Waals surface area contributed by atoms with E-state index in [9.17, 15) is 0 Å². The Kier molecular flexibility index (Phi) is 21.4. The number of hydrogen-bond donors (Lipinski definition) is 0. The Labute approximate surface area is 316 Å². The van der Waals surface area contributed by atoms with Gasteiger partial charge >= 0.3 is 0 Å². The van der Waals surface area contributed by atoms with Gasteiger partial charge in [0.25, 0.3) is 0 Å². The van der Waals surface area contributed by atoms with Gasteiger partial charge in [-0.2, -0.15) is 0 Å². The minimum Gasteiger partial charge on any atom is -0.380 e. The molecule has 0 spiro atoms. The highest BCUT2D eigenvalue weighted by atomic mass is 79.9. The number of halogens is 1. The van der Waals surface area contributed by atoms with Crippen LogP contribution in [0.1, 0.15) is 209 Å². The Balaban J connectivity index is 0.000000271. The van der Waals surface area contributed by atoms with Gasteiger partial charge in [-0.1, -0.05) is 154 Å². The number of piperidine rings is 2. The number of fused-ring (bicyclic) bond motifs is 2.